The van der Waals surface area contributed by atoms with Crippen LogP contribution in [0.3, 0.4) is 0 Å². The zero-order valence-corrected chi connectivity index (χ0v) is 11.0. The van der Waals surface area contributed by atoms with Gasteiger partial charge in [0.25, 0.3) is 0 Å². The van der Waals surface area contributed by atoms with Gasteiger partial charge in [-0.2, -0.15) is 5.26 Å². The number of ether oxygens (including phenoxy) is 1. The minimum absolute atomic E-state index is 0.168. The average molecular weight is 282 g/mol. The van der Waals surface area contributed by atoms with Crippen molar-refractivity contribution in [3.05, 3.63) is 59.4 Å². The zero-order chi connectivity index (χ0) is 14.8. The Hall–Kier alpha value is -2.87. The highest BCUT2D eigenvalue weighted by Gasteiger charge is 2.30. The number of nitriles is 1. The first-order valence-electron chi connectivity index (χ1n) is 6.42. The Morgan fingerprint density at radius 1 is 1.29 bits per heavy atom. The zero-order valence-electron chi connectivity index (χ0n) is 11.0. The summed E-state index contributed by atoms with van der Waals surface area (Å²) < 4.78 is 19.0. The molecule has 0 aliphatic carbocycles. The van der Waals surface area contributed by atoms with E-state index >= 15 is 0 Å². The predicted octanol–water partition coefficient (Wildman–Crippen LogP) is 2.81. The topological polar surface area (TPSA) is 62.1 Å². The molecule has 0 bridgehead atoms. The van der Waals surface area contributed by atoms with Crippen molar-refractivity contribution in [1.82, 2.24) is 0 Å². The number of nitrogens with zero attached hydrogens (tertiary/aromatic N) is 1. The molecule has 0 aromatic heterocycles. The highest BCUT2D eigenvalue weighted by molar-refractivity contribution is 5.97. The summed E-state index contributed by atoms with van der Waals surface area (Å²) in [7, 11) is 0. The lowest BCUT2D eigenvalue weighted by Crippen LogP contribution is -2.22. The van der Waals surface area contributed by atoms with Crippen LogP contribution in [0.4, 0.5) is 10.1 Å². The second-order valence-corrected chi connectivity index (χ2v) is 4.66. The Labute approximate surface area is 120 Å². The van der Waals surface area contributed by atoms with E-state index < -0.39 is 11.7 Å². The number of para-hydroxylation sites is 1. The molecular formula is C16H11FN2O2. The monoisotopic (exact) mass is 282 g/mol. The number of anilines is 1. The van der Waals surface area contributed by atoms with Crippen LogP contribution in [0.5, 0.6) is 5.75 Å². The van der Waals surface area contributed by atoms with Crippen LogP contribution in [0.2, 0.25) is 0 Å². The number of carbonyl (C=O) groups excluding carboxylic acids is 1. The molecule has 1 aliphatic rings. The van der Waals surface area contributed by atoms with E-state index in [4.69, 9.17) is 10.00 Å². The predicted molar refractivity (Wildman–Crippen MR) is 74.4 cm³/mol. The van der Waals surface area contributed by atoms with Gasteiger partial charge in [-0.05, 0) is 18.2 Å². The van der Waals surface area contributed by atoms with Crippen LogP contribution in [-0.2, 0) is 4.79 Å². The van der Waals surface area contributed by atoms with E-state index in [0.29, 0.717) is 5.75 Å². The molecule has 1 heterocycles. The van der Waals surface area contributed by atoms with E-state index in [1.165, 1.54) is 18.2 Å². The molecule has 1 aliphatic heterocycles. The smallest absolute Gasteiger partial charge is 0.235 e. The summed E-state index contributed by atoms with van der Waals surface area (Å²) in [5.41, 5.74) is 0.801. The Morgan fingerprint density at radius 2 is 2.10 bits per heavy atom. The van der Waals surface area contributed by atoms with E-state index in [9.17, 15) is 9.18 Å². The van der Waals surface area contributed by atoms with Crippen LogP contribution in [-0.4, -0.2) is 12.5 Å². The highest BCUT2D eigenvalue weighted by Crippen LogP contribution is 2.34. The van der Waals surface area contributed by atoms with Gasteiger partial charge in [0.2, 0.25) is 5.91 Å². The minimum atomic E-state index is -0.654. The molecule has 0 spiro atoms. The first-order chi connectivity index (χ1) is 10.2. The molecule has 2 aromatic rings. The summed E-state index contributed by atoms with van der Waals surface area (Å²) in [5.74, 6) is -0.756. The molecule has 1 amide bonds. The fraction of sp³-hybridized carbons (Fsp3) is 0.125. The van der Waals surface area contributed by atoms with Gasteiger partial charge in [-0.25, -0.2) is 4.39 Å². The molecule has 104 valence electrons. The van der Waals surface area contributed by atoms with E-state index in [1.807, 2.05) is 18.2 Å². The number of fused-ring (bicyclic) bond motifs is 1. The van der Waals surface area contributed by atoms with Gasteiger partial charge in [0.05, 0.1) is 5.69 Å². The maximum atomic E-state index is 13.5. The molecule has 0 fully saturated rings. The molecule has 5 heteroatoms. The number of carbonyl (C=O) groups is 1. The fourth-order valence-corrected chi connectivity index (χ4v) is 2.34. The van der Waals surface area contributed by atoms with Crippen molar-refractivity contribution in [3.8, 4) is 11.8 Å². The number of nitrogens with one attached hydrogen (secondary N) is 1. The molecule has 1 atom stereocenters. The lowest BCUT2D eigenvalue weighted by Gasteiger charge is -2.11. The van der Waals surface area contributed by atoms with Crippen molar-refractivity contribution >= 4 is 11.6 Å². The van der Waals surface area contributed by atoms with Crippen LogP contribution in [0, 0.1) is 17.1 Å². The van der Waals surface area contributed by atoms with Crippen LogP contribution < -0.4 is 10.1 Å². The number of benzene rings is 2. The minimum Gasteiger partial charge on any atom is -0.492 e. The van der Waals surface area contributed by atoms with E-state index in [2.05, 4.69) is 5.32 Å². The van der Waals surface area contributed by atoms with Crippen molar-refractivity contribution in [1.29, 1.82) is 5.26 Å². The first-order valence-corrected chi connectivity index (χ1v) is 6.42. The van der Waals surface area contributed by atoms with Crippen molar-refractivity contribution < 1.29 is 13.9 Å². The summed E-state index contributed by atoms with van der Waals surface area (Å²) in [6.45, 7) is 0.238. The third kappa shape index (κ3) is 2.32. The van der Waals surface area contributed by atoms with Crippen LogP contribution >= 0.6 is 0 Å². The molecule has 1 N–H and O–H groups in total. The van der Waals surface area contributed by atoms with Gasteiger partial charge >= 0.3 is 0 Å². The highest BCUT2D eigenvalue weighted by atomic mass is 19.1. The number of hydrogen-bond donors (Lipinski definition) is 1. The normalized spacial score (nSPS) is 15.7. The molecule has 3 rings (SSSR count). The lowest BCUT2D eigenvalue weighted by atomic mass is 10.0. The Bertz CT molecular complexity index is 752. The average Bonchev–Trinajstić information content (AvgIpc) is 2.91. The molecule has 21 heavy (non-hydrogen) atoms. The Morgan fingerprint density at radius 3 is 2.90 bits per heavy atom. The number of hydrogen-bond acceptors (Lipinski definition) is 3. The van der Waals surface area contributed by atoms with Gasteiger partial charge in [-0.1, -0.05) is 24.3 Å². The quantitative estimate of drug-likeness (QED) is 0.921. The van der Waals surface area contributed by atoms with Crippen LogP contribution in [0.1, 0.15) is 17.0 Å². The molecule has 1 unspecified atom stereocenters. The summed E-state index contributed by atoms with van der Waals surface area (Å²) in [4.78, 5) is 12.3. The van der Waals surface area contributed by atoms with Crippen molar-refractivity contribution in [2.45, 2.75) is 5.92 Å². The third-order valence-electron chi connectivity index (χ3n) is 3.40. The number of rotatable bonds is 2. The standard InChI is InChI=1S/C16H11FN2O2/c17-13-5-3-6-14(11(13)8-18)19-16(20)12-9-21-15-7-2-1-4-10(12)15/h1-7,12H,9H2,(H,19,20). The largest absolute Gasteiger partial charge is 0.492 e. The van der Waals surface area contributed by atoms with Crippen molar-refractivity contribution in [3.63, 3.8) is 0 Å². The second-order valence-electron chi connectivity index (χ2n) is 4.66. The maximum Gasteiger partial charge on any atom is 0.235 e. The van der Waals surface area contributed by atoms with Crippen LogP contribution in [0.15, 0.2) is 42.5 Å². The van der Waals surface area contributed by atoms with Gasteiger partial charge in [-0.3, -0.25) is 4.79 Å². The lowest BCUT2D eigenvalue weighted by molar-refractivity contribution is -0.117. The van der Waals surface area contributed by atoms with Gasteiger partial charge in [0.15, 0.2) is 0 Å². The van der Waals surface area contributed by atoms with E-state index in [0.717, 1.165) is 5.56 Å². The summed E-state index contributed by atoms with van der Waals surface area (Å²) in [6, 6.07) is 13.2. The number of amides is 1. The molecule has 0 radical (unpaired) electrons. The van der Waals surface area contributed by atoms with E-state index in [-0.39, 0.29) is 23.8 Å². The maximum absolute atomic E-state index is 13.5. The molecule has 0 saturated heterocycles. The van der Waals surface area contributed by atoms with Gasteiger partial charge in [0, 0.05) is 5.56 Å². The van der Waals surface area contributed by atoms with Gasteiger partial charge < -0.3 is 10.1 Å². The van der Waals surface area contributed by atoms with Gasteiger partial charge in [-0.15, -0.1) is 0 Å². The van der Waals surface area contributed by atoms with Crippen molar-refractivity contribution in [2.24, 2.45) is 0 Å². The van der Waals surface area contributed by atoms with Crippen molar-refractivity contribution in [2.75, 3.05) is 11.9 Å². The Balaban J connectivity index is 1.86. The SMILES string of the molecule is N#Cc1c(F)cccc1NC(=O)C1COc2ccccc21. The second kappa shape index (κ2) is 5.25. The van der Waals surface area contributed by atoms with Gasteiger partial charge in [0.1, 0.15) is 35.7 Å². The summed E-state index contributed by atoms with van der Waals surface area (Å²) in [5, 5.41) is 11.6. The Kier molecular flexibility index (Phi) is 3.28. The van der Waals surface area contributed by atoms with E-state index in [1.54, 1.807) is 12.1 Å². The molecule has 0 saturated carbocycles. The fourth-order valence-electron chi connectivity index (χ4n) is 2.34. The molecule has 4 nitrogen and oxygen atoms in total. The molecule has 2 aromatic carbocycles. The third-order valence-corrected chi connectivity index (χ3v) is 3.40. The first kappa shape index (κ1) is 13.1. The van der Waals surface area contributed by atoms with Crippen LogP contribution in [0.25, 0.3) is 0 Å². The summed E-state index contributed by atoms with van der Waals surface area (Å²) >= 11 is 0. The summed E-state index contributed by atoms with van der Waals surface area (Å²) in [6.07, 6.45) is 0. The molecular weight excluding hydrogens is 271 g/mol. The number of halogens is 1.